The monoisotopic (exact) mass is 508 g/mol. The molecule has 3 N–H and O–H groups in total. The van der Waals surface area contributed by atoms with E-state index in [1.54, 1.807) is 24.8 Å². The Balaban J connectivity index is 1.51. The molecule has 0 aliphatic heterocycles. The van der Waals surface area contributed by atoms with Crippen LogP contribution in [-0.2, 0) is 4.79 Å². The highest BCUT2D eigenvalue weighted by atomic mass is 16.1. The smallest absolute Gasteiger partial charge is 0.224 e. The summed E-state index contributed by atoms with van der Waals surface area (Å²) in [4.78, 5) is 39.5. The van der Waals surface area contributed by atoms with Crippen molar-refractivity contribution in [3.8, 4) is 22.6 Å². The molecule has 0 aliphatic carbocycles. The number of imidazole rings is 1. The Hall–Kier alpha value is -4.93. The van der Waals surface area contributed by atoms with Crippen molar-refractivity contribution in [3.63, 3.8) is 0 Å². The minimum atomic E-state index is -0.0421. The van der Waals surface area contributed by atoms with Crippen LogP contribution in [0.25, 0.3) is 44.8 Å². The van der Waals surface area contributed by atoms with Crippen LogP contribution >= 0.6 is 0 Å². The van der Waals surface area contributed by atoms with Crippen molar-refractivity contribution in [2.24, 2.45) is 10.9 Å². The molecule has 38 heavy (non-hydrogen) atoms. The molecule has 0 atom stereocenters. The minimum absolute atomic E-state index is 0.0421. The molecule has 0 aromatic carbocycles. The molecule has 0 radical (unpaired) electrons. The van der Waals surface area contributed by atoms with E-state index in [9.17, 15) is 4.79 Å². The van der Waals surface area contributed by atoms with E-state index in [0.29, 0.717) is 40.4 Å². The number of aromatic nitrogens is 7. The number of hydrogen-bond acceptors (Lipinski definition) is 8. The fraction of sp³-hybridized carbons (Fsp3) is 0.222. The number of carbonyl (C=O) groups is 1. The van der Waals surface area contributed by atoms with Crippen LogP contribution < -0.4 is 10.2 Å². The van der Waals surface area contributed by atoms with E-state index in [1.807, 2.05) is 57.1 Å². The number of nitrogens with zero attached hydrogens (tertiary/aromatic N) is 7. The first-order chi connectivity index (χ1) is 18.3. The van der Waals surface area contributed by atoms with Gasteiger partial charge < -0.3 is 15.2 Å². The first kappa shape index (κ1) is 24.8. The number of allylic oxidation sites excluding steroid dienone is 1. The van der Waals surface area contributed by atoms with Crippen LogP contribution in [0.1, 0.15) is 27.2 Å². The van der Waals surface area contributed by atoms with Gasteiger partial charge in [0.2, 0.25) is 5.91 Å². The van der Waals surface area contributed by atoms with Crippen LogP contribution in [0.15, 0.2) is 59.9 Å². The van der Waals surface area contributed by atoms with Crippen molar-refractivity contribution in [1.29, 1.82) is 0 Å². The molecule has 5 aromatic rings. The lowest BCUT2D eigenvalue weighted by Gasteiger charge is -2.14. The summed E-state index contributed by atoms with van der Waals surface area (Å²) >= 11 is 0. The number of amides is 1. The van der Waals surface area contributed by atoms with E-state index < -0.39 is 0 Å². The number of anilines is 2. The normalized spacial score (nSPS) is 11.9. The topological polar surface area (TPSA) is 141 Å². The quantitative estimate of drug-likeness (QED) is 0.252. The van der Waals surface area contributed by atoms with E-state index in [0.717, 1.165) is 27.9 Å². The Bertz CT molecular complexity index is 1680. The van der Waals surface area contributed by atoms with Gasteiger partial charge in [0.15, 0.2) is 17.1 Å². The molecule has 5 aromatic heterocycles. The third-order valence-corrected chi connectivity index (χ3v) is 5.96. The van der Waals surface area contributed by atoms with E-state index in [-0.39, 0.29) is 11.8 Å². The van der Waals surface area contributed by atoms with Gasteiger partial charge in [0.05, 0.1) is 28.7 Å². The number of H-pyrrole nitrogens is 2. The second kappa shape index (κ2) is 10.2. The number of aromatic amines is 2. The van der Waals surface area contributed by atoms with E-state index in [2.05, 4.69) is 47.2 Å². The van der Waals surface area contributed by atoms with Gasteiger partial charge in [-0.2, -0.15) is 5.10 Å². The van der Waals surface area contributed by atoms with Gasteiger partial charge in [-0.05, 0) is 37.8 Å². The van der Waals surface area contributed by atoms with E-state index >= 15 is 0 Å². The summed E-state index contributed by atoms with van der Waals surface area (Å²) < 4.78 is 0. The zero-order chi connectivity index (χ0) is 26.8. The number of rotatable bonds is 8. The zero-order valence-corrected chi connectivity index (χ0v) is 21.6. The number of hydrogen-bond donors (Lipinski definition) is 3. The van der Waals surface area contributed by atoms with Crippen molar-refractivity contribution in [2.75, 3.05) is 17.3 Å². The SMILES string of the molecule is C=N/C(C)=C\N(C)c1ccnc2[nH]c(-c3n[nH]c4ncc(-c5cncc(NC(=O)CC(C)C)c5)cc34)nc12. The summed E-state index contributed by atoms with van der Waals surface area (Å²) in [5.74, 6) is 0.792. The average Bonchev–Trinajstić information content (AvgIpc) is 3.51. The van der Waals surface area contributed by atoms with Gasteiger partial charge in [0, 0.05) is 49.4 Å². The minimum Gasteiger partial charge on any atom is -0.347 e. The van der Waals surface area contributed by atoms with Crippen molar-refractivity contribution in [3.05, 3.63) is 54.9 Å². The Kier molecular flexibility index (Phi) is 6.65. The van der Waals surface area contributed by atoms with Crippen LogP contribution in [0.4, 0.5) is 11.4 Å². The molecule has 0 bridgehead atoms. The Morgan fingerprint density at radius 2 is 2.00 bits per heavy atom. The summed E-state index contributed by atoms with van der Waals surface area (Å²) in [6, 6.07) is 5.75. The molecule has 5 rings (SSSR count). The number of nitrogens with one attached hydrogen (secondary N) is 3. The Morgan fingerprint density at radius 3 is 2.79 bits per heavy atom. The fourth-order valence-corrected chi connectivity index (χ4v) is 4.18. The lowest BCUT2D eigenvalue weighted by atomic mass is 10.1. The van der Waals surface area contributed by atoms with Crippen molar-refractivity contribution >= 4 is 46.2 Å². The van der Waals surface area contributed by atoms with Crippen LogP contribution in [0, 0.1) is 5.92 Å². The van der Waals surface area contributed by atoms with Gasteiger partial charge in [0.25, 0.3) is 0 Å². The molecule has 0 saturated carbocycles. The van der Waals surface area contributed by atoms with E-state index in [1.165, 1.54) is 0 Å². The maximum absolute atomic E-state index is 12.2. The molecule has 0 unspecified atom stereocenters. The van der Waals surface area contributed by atoms with Gasteiger partial charge in [-0.1, -0.05) is 13.8 Å². The molecular formula is C27H28N10O. The highest BCUT2D eigenvalue weighted by Gasteiger charge is 2.17. The summed E-state index contributed by atoms with van der Waals surface area (Å²) in [7, 11) is 1.92. The van der Waals surface area contributed by atoms with Crippen molar-refractivity contribution in [1.82, 2.24) is 35.1 Å². The van der Waals surface area contributed by atoms with E-state index in [4.69, 9.17) is 4.98 Å². The maximum atomic E-state index is 12.2. The Labute approximate surface area is 219 Å². The maximum Gasteiger partial charge on any atom is 0.224 e. The standard InChI is InChI=1S/C27H28N10O/c1-15(2)8-22(38)32-19-9-17(11-29-13-19)18-10-20-23(35-36-25(20)31-12-18)27-33-24-21(6-7-30-26(24)34-27)37(5)14-16(3)28-4/h6-7,9-15H,4,8H2,1-3,5H3,(H,32,38)(H,30,33,34)(H,31,35,36)/b16-14-. The van der Waals surface area contributed by atoms with Crippen LogP contribution in [0.5, 0.6) is 0 Å². The molecule has 5 heterocycles. The number of pyridine rings is 3. The van der Waals surface area contributed by atoms with Crippen LogP contribution in [-0.4, -0.2) is 54.8 Å². The van der Waals surface area contributed by atoms with Crippen LogP contribution in [0.2, 0.25) is 0 Å². The Morgan fingerprint density at radius 1 is 1.18 bits per heavy atom. The predicted octanol–water partition coefficient (Wildman–Crippen LogP) is 4.94. The molecule has 0 spiro atoms. The summed E-state index contributed by atoms with van der Waals surface area (Å²) in [5.41, 5.74) is 6.51. The van der Waals surface area contributed by atoms with Gasteiger partial charge in [-0.15, -0.1) is 0 Å². The fourth-order valence-electron chi connectivity index (χ4n) is 4.18. The highest BCUT2D eigenvalue weighted by Crippen LogP contribution is 2.31. The zero-order valence-electron chi connectivity index (χ0n) is 21.6. The highest BCUT2D eigenvalue weighted by molar-refractivity contribution is 5.96. The molecule has 11 nitrogen and oxygen atoms in total. The summed E-state index contributed by atoms with van der Waals surface area (Å²) in [6.07, 6.45) is 9.17. The number of aliphatic imine (C=N–C) groups is 1. The molecule has 192 valence electrons. The average molecular weight is 509 g/mol. The lowest BCUT2D eigenvalue weighted by Crippen LogP contribution is -2.13. The van der Waals surface area contributed by atoms with Crippen LogP contribution in [0.3, 0.4) is 0 Å². The largest absolute Gasteiger partial charge is 0.347 e. The predicted molar refractivity (Wildman–Crippen MR) is 150 cm³/mol. The first-order valence-corrected chi connectivity index (χ1v) is 12.1. The lowest BCUT2D eigenvalue weighted by molar-refractivity contribution is -0.116. The molecule has 0 aliphatic rings. The molecule has 0 fully saturated rings. The van der Waals surface area contributed by atoms with Crippen molar-refractivity contribution in [2.45, 2.75) is 27.2 Å². The van der Waals surface area contributed by atoms with Gasteiger partial charge in [-0.25, -0.2) is 15.0 Å². The molecule has 11 heteroatoms. The summed E-state index contributed by atoms with van der Waals surface area (Å²) in [6.45, 7) is 9.47. The number of carbonyl (C=O) groups excluding carboxylic acids is 1. The van der Waals surface area contributed by atoms with Crippen molar-refractivity contribution < 1.29 is 4.79 Å². The molecular weight excluding hydrogens is 480 g/mol. The second-order valence-corrected chi connectivity index (χ2v) is 9.45. The summed E-state index contributed by atoms with van der Waals surface area (Å²) in [5, 5.41) is 11.2. The molecule has 0 saturated heterocycles. The second-order valence-electron chi connectivity index (χ2n) is 9.45. The van der Waals surface area contributed by atoms with Gasteiger partial charge in [0.1, 0.15) is 11.2 Å². The van der Waals surface area contributed by atoms with Gasteiger partial charge >= 0.3 is 0 Å². The third kappa shape index (κ3) is 4.99. The third-order valence-electron chi connectivity index (χ3n) is 5.96. The molecule has 1 amide bonds. The first-order valence-electron chi connectivity index (χ1n) is 12.1. The van der Waals surface area contributed by atoms with Gasteiger partial charge in [-0.3, -0.25) is 19.9 Å². The number of fused-ring (bicyclic) bond motifs is 2.